The van der Waals surface area contributed by atoms with Crippen molar-refractivity contribution in [3.8, 4) is 0 Å². The number of carbonyl (C=O) groups is 1. The number of halogens is 1. The van der Waals surface area contributed by atoms with Gasteiger partial charge in [-0.1, -0.05) is 40.2 Å². The molecule has 2 aromatic rings. The predicted molar refractivity (Wildman–Crippen MR) is 82.8 cm³/mol. The molecule has 0 radical (unpaired) electrons. The average molecular weight is 317 g/mol. The molecule has 0 aromatic heterocycles. The molecule has 0 aliphatic carbocycles. The van der Waals surface area contributed by atoms with E-state index >= 15 is 0 Å². The van der Waals surface area contributed by atoms with Gasteiger partial charge in [-0.3, -0.25) is 4.79 Å². The van der Waals surface area contributed by atoms with Crippen LogP contribution in [0, 0.1) is 20.8 Å². The molecule has 0 atom stereocenters. The first kappa shape index (κ1) is 14.0. The van der Waals surface area contributed by atoms with Crippen LogP contribution in [0.3, 0.4) is 0 Å². The third-order valence-electron chi connectivity index (χ3n) is 3.45. The summed E-state index contributed by atoms with van der Waals surface area (Å²) in [5.41, 5.74) is 5.32. The van der Waals surface area contributed by atoms with Gasteiger partial charge in [-0.25, -0.2) is 0 Å². The lowest BCUT2D eigenvalue weighted by Gasteiger charge is -2.10. The van der Waals surface area contributed by atoms with Crippen LogP contribution in [0.5, 0.6) is 0 Å². The zero-order chi connectivity index (χ0) is 14.0. The molecule has 1 nitrogen and oxygen atoms in total. The third-order valence-corrected chi connectivity index (χ3v) is 4.22. The van der Waals surface area contributed by atoms with E-state index in [0.29, 0.717) is 6.42 Å². The Bertz CT molecular complexity index is 629. The van der Waals surface area contributed by atoms with Crippen molar-refractivity contribution in [2.45, 2.75) is 27.2 Å². The summed E-state index contributed by atoms with van der Waals surface area (Å²) in [5.74, 6) is 0.174. The Morgan fingerprint density at radius 3 is 2.32 bits per heavy atom. The van der Waals surface area contributed by atoms with Gasteiger partial charge in [-0.2, -0.15) is 0 Å². The highest BCUT2D eigenvalue weighted by molar-refractivity contribution is 9.10. The van der Waals surface area contributed by atoms with Crippen LogP contribution in [-0.2, 0) is 6.42 Å². The van der Waals surface area contributed by atoms with Crippen molar-refractivity contribution in [2.24, 2.45) is 0 Å². The van der Waals surface area contributed by atoms with Gasteiger partial charge in [-0.05, 0) is 55.2 Å². The molecule has 0 unspecified atom stereocenters. The fourth-order valence-electron chi connectivity index (χ4n) is 2.17. The Morgan fingerprint density at radius 2 is 1.63 bits per heavy atom. The molecule has 0 saturated carbocycles. The summed E-state index contributed by atoms with van der Waals surface area (Å²) < 4.78 is 0.991. The molecule has 2 heteroatoms. The van der Waals surface area contributed by atoms with Gasteiger partial charge in [-0.15, -0.1) is 0 Å². The van der Waals surface area contributed by atoms with Crippen LogP contribution in [0.4, 0.5) is 0 Å². The molecule has 0 saturated heterocycles. The Hall–Kier alpha value is -1.41. The zero-order valence-corrected chi connectivity index (χ0v) is 13.0. The smallest absolute Gasteiger partial charge is 0.167 e. The second kappa shape index (κ2) is 5.70. The van der Waals surface area contributed by atoms with Gasteiger partial charge < -0.3 is 0 Å². The molecule has 0 amide bonds. The first-order valence-electron chi connectivity index (χ1n) is 6.33. The maximum Gasteiger partial charge on any atom is 0.167 e. The van der Waals surface area contributed by atoms with E-state index in [-0.39, 0.29) is 5.78 Å². The standard InChI is InChI=1S/C17H17BrO/c1-11-8-13(3)15(9-12(11)2)17(19)10-14-6-4-5-7-16(14)18/h4-9H,10H2,1-3H3. The van der Waals surface area contributed by atoms with E-state index < -0.39 is 0 Å². The van der Waals surface area contributed by atoms with E-state index in [1.54, 1.807) is 0 Å². The fourth-order valence-corrected chi connectivity index (χ4v) is 2.60. The van der Waals surface area contributed by atoms with Gasteiger partial charge in [0.1, 0.15) is 0 Å². The van der Waals surface area contributed by atoms with Gasteiger partial charge in [0.15, 0.2) is 5.78 Å². The Labute approximate surface area is 122 Å². The number of Topliss-reactive ketones (excluding diaryl/α,β-unsaturated/α-hetero) is 1. The van der Waals surface area contributed by atoms with Crippen molar-refractivity contribution in [1.29, 1.82) is 0 Å². The second-order valence-corrected chi connectivity index (χ2v) is 5.80. The maximum atomic E-state index is 12.4. The second-order valence-electron chi connectivity index (χ2n) is 4.94. The van der Waals surface area contributed by atoms with E-state index in [1.807, 2.05) is 44.2 Å². The van der Waals surface area contributed by atoms with Crippen LogP contribution >= 0.6 is 15.9 Å². The van der Waals surface area contributed by atoms with Crippen molar-refractivity contribution in [1.82, 2.24) is 0 Å². The van der Waals surface area contributed by atoms with E-state index in [0.717, 1.165) is 21.2 Å². The predicted octanol–water partition coefficient (Wildman–Crippen LogP) is 4.80. The first-order valence-corrected chi connectivity index (χ1v) is 7.13. The van der Waals surface area contributed by atoms with Crippen LogP contribution in [0.25, 0.3) is 0 Å². The van der Waals surface area contributed by atoms with Crippen LogP contribution in [0.2, 0.25) is 0 Å². The number of aryl methyl sites for hydroxylation is 3. The number of carbonyl (C=O) groups excluding carboxylic acids is 1. The summed E-state index contributed by atoms with van der Waals surface area (Å²) in [7, 11) is 0. The highest BCUT2D eigenvalue weighted by atomic mass is 79.9. The minimum absolute atomic E-state index is 0.174. The summed E-state index contributed by atoms with van der Waals surface area (Å²) >= 11 is 3.49. The molecular weight excluding hydrogens is 300 g/mol. The molecule has 19 heavy (non-hydrogen) atoms. The quantitative estimate of drug-likeness (QED) is 0.743. The van der Waals surface area contributed by atoms with Crippen molar-refractivity contribution in [3.63, 3.8) is 0 Å². The van der Waals surface area contributed by atoms with E-state index in [9.17, 15) is 4.79 Å². The summed E-state index contributed by atoms with van der Waals surface area (Å²) in [4.78, 5) is 12.4. The Kier molecular flexibility index (Phi) is 4.20. The molecule has 98 valence electrons. The molecule has 0 heterocycles. The topological polar surface area (TPSA) is 17.1 Å². The molecular formula is C17H17BrO. The first-order chi connectivity index (χ1) is 8.99. The van der Waals surface area contributed by atoms with Gasteiger partial charge >= 0.3 is 0 Å². The van der Waals surface area contributed by atoms with Crippen LogP contribution in [-0.4, -0.2) is 5.78 Å². The summed E-state index contributed by atoms with van der Waals surface area (Å²) in [6, 6.07) is 12.0. The molecule has 0 N–H and O–H groups in total. The normalized spacial score (nSPS) is 10.5. The van der Waals surface area contributed by atoms with E-state index in [4.69, 9.17) is 0 Å². The molecule has 0 fully saturated rings. The molecule has 0 bridgehead atoms. The minimum atomic E-state index is 0.174. The number of hydrogen-bond donors (Lipinski definition) is 0. The molecule has 0 aliphatic heterocycles. The van der Waals surface area contributed by atoms with E-state index in [2.05, 4.69) is 28.9 Å². The molecule has 0 spiro atoms. The maximum absolute atomic E-state index is 12.4. The minimum Gasteiger partial charge on any atom is -0.294 e. The summed E-state index contributed by atoms with van der Waals surface area (Å²) in [6.07, 6.45) is 0.435. The average Bonchev–Trinajstić information content (AvgIpc) is 2.36. The molecule has 2 aromatic carbocycles. The molecule has 2 rings (SSSR count). The lowest BCUT2D eigenvalue weighted by Crippen LogP contribution is -2.07. The van der Waals surface area contributed by atoms with E-state index in [1.165, 1.54) is 11.1 Å². The van der Waals surface area contributed by atoms with Crippen molar-refractivity contribution >= 4 is 21.7 Å². The fraction of sp³-hybridized carbons (Fsp3) is 0.235. The zero-order valence-electron chi connectivity index (χ0n) is 11.5. The number of benzene rings is 2. The molecule has 0 aliphatic rings. The Balaban J connectivity index is 2.31. The number of rotatable bonds is 3. The van der Waals surface area contributed by atoms with Gasteiger partial charge in [0.05, 0.1) is 0 Å². The summed E-state index contributed by atoms with van der Waals surface area (Å²) in [5, 5.41) is 0. The third kappa shape index (κ3) is 3.13. The van der Waals surface area contributed by atoms with Gasteiger partial charge in [0.2, 0.25) is 0 Å². The lowest BCUT2D eigenvalue weighted by atomic mass is 9.95. The SMILES string of the molecule is Cc1cc(C)c(C(=O)Cc2ccccc2Br)cc1C. The van der Waals surface area contributed by atoms with Crippen molar-refractivity contribution < 1.29 is 4.79 Å². The monoisotopic (exact) mass is 316 g/mol. The van der Waals surface area contributed by atoms with Gasteiger partial charge in [0.25, 0.3) is 0 Å². The van der Waals surface area contributed by atoms with Crippen molar-refractivity contribution in [2.75, 3.05) is 0 Å². The van der Waals surface area contributed by atoms with Crippen LogP contribution in [0.1, 0.15) is 32.6 Å². The lowest BCUT2D eigenvalue weighted by molar-refractivity contribution is 0.0992. The highest BCUT2D eigenvalue weighted by Crippen LogP contribution is 2.21. The van der Waals surface area contributed by atoms with Gasteiger partial charge in [0, 0.05) is 16.5 Å². The Morgan fingerprint density at radius 1 is 1.00 bits per heavy atom. The largest absolute Gasteiger partial charge is 0.294 e. The summed E-state index contributed by atoms with van der Waals surface area (Å²) in [6.45, 7) is 6.12. The van der Waals surface area contributed by atoms with Crippen LogP contribution < -0.4 is 0 Å². The number of ketones is 1. The number of hydrogen-bond acceptors (Lipinski definition) is 1. The van der Waals surface area contributed by atoms with Crippen molar-refractivity contribution in [3.05, 3.63) is 68.7 Å². The van der Waals surface area contributed by atoms with Crippen LogP contribution in [0.15, 0.2) is 40.9 Å². The highest BCUT2D eigenvalue weighted by Gasteiger charge is 2.12.